The first-order chi connectivity index (χ1) is 21.0. The van der Waals surface area contributed by atoms with E-state index in [1.807, 2.05) is 17.7 Å². The van der Waals surface area contributed by atoms with E-state index in [2.05, 4.69) is 31.6 Å². The number of hydrogen-bond donors (Lipinski definition) is 3. The molecule has 1 saturated heterocycles. The largest absolute Gasteiger partial charge is 0.416 e. The lowest BCUT2D eigenvalue weighted by Gasteiger charge is -2.29. The monoisotopic (exact) mass is 606 g/mol. The highest BCUT2D eigenvalue weighted by Crippen LogP contribution is 2.34. The number of aryl methyl sites for hydroxylation is 1. The van der Waals surface area contributed by atoms with Crippen molar-refractivity contribution >= 4 is 40.4 Å². The highest BCUT2D eigenvalue weighted by molar-refractivity contribution is 6.06. The van der Waals surface area contributed by atoms with Gasteiger partial charge in [-0.05, 0) is 57.1 Å². The summed E-state index contributed by atoms with van der Waals surface area (Å²) in [6, 6.07) is 8.05. The lowest BCUT2D eigenvalue weighted by atomic mass is 10.0. The van der Waals surface area contributed by atoms with Gasteiger partial charge in [0.2, 0.25) is 5.91 Å². The normalized spacial score (nSPS) is 14.5. The third-order valence-electron chi connectivity index (χ3n) is 7.41. The molecule has 13 heteroatoms. The van der Waals surface area contributed by atoms with Gasteiger partial charge >= 0.3 is 6.18 Å². The Morgan fingerprint density at radius 1 is 1.14 bits per heavy atom. The van der Waals surface area contributed by atoms with Crippen LogP contribution in [0.4, 0.5) is 24.8 Å². The lowest BCUT2D eigenvalue weighted by Crippen LogP contribution is -2.36. The van der Waals surface area contributed by atoms with E-state index in [-0.39, 0.29) is 23.3 Å². The lowest BCUT2D eigenvalue weighted by molar-refractivity contribution is -0.137. The van der Waals surface area contributed by atoms with Crippen LogP contribution in [0.5, 0.6) is 0 Å². The first kappa shape index (κ1) is 30.7. The maximum absolute atomic E-state index is 13.1. The number of anilines is 2. The van der Waals surface area contributed by atoms with Crippen molar-refractivity contribution in [2.45, 2.75) is 45.5 Å². The van der Waals surface area contributed by atoms with Crippen molar-refractivity contribution in [3.05, 3.63) is 71.6 Å². The van der Waals surface area contributed by atoms with Crippen LogP contribution < -0.4 is 16.4 Å². The molecule has 0 radical (unpaired) electrons. The molecule has 1 aromatic carbocycles. The van der Waals surface area contributed by atoms with E-state index >= 15 is 0 Å². The van der Waals surface area contributed by atoms with Crippen LogP contribution in [0.1, 0.15) is 48.2 Å². The van der Waals surface area contributed by atoms with Gasteiger partial charge in [-0.25, -0.2) is 9.97 Å². The van der Waals surface area contributed by atoms with Crippen LogP contribution in [0.2, 0.25) is 0 Å². The molecule has 230 valence electrons. The maximum atomic E-state index is 13.1. The van der Waals surface area contributed by atoms with Gasteiger partial charge in [-0.1, -0.05) is 24.3 Å². The van der Waals surface area contributed by atoms with Crippen LogP contribution in [0.15, 0.2) is 54.9 Å². The van der Waals surface area contributed by atoms with Gasteiger partial charge in [0.25, 0.3) is 5.91 Å². The molecule has 10 nitrogen and oxygen atoms in total. The fourth-order valence-corrected chi connectivity index (χ4v) is 5.02. The first-order valence-electron chi connectivity index (χ1n) is 14.3. The second-order valence-corrected chi connectivity index (χ2v) is 10.8. The molecule has 4 aromatic rings. The molecule has 5 rings (SSSR count). The highest BCUT2D eigenvalue weighted by atomic mass is 19.4. The third-order valence-corrected chi connectivity index (χ3v) is 7.41. The van der Waals surface area contributed by atoms with Crippen LogP contribution in [-0.4, -0.2) is 62.1 Å². The fraction of sp³-hybridized carbons (Fsp3) is 0.323. The molecule has 2 amide bonds. The van der Waals surface area contributed by atoms with Crippen LogP contribution >= 0.6 is 0 Å². The Hall–Kier alpha value is -4.78. The number of nitrogens with two attached hydrogens (primary N) is 1. The second kappa shape index (κ2) is 12.8. The molecule has 0 bridgehead atoms. The summed E-state index contributed by atoms with van der Waals surface area (Å²) in [6.45, 7) is 6.88. The number of likely N-dealkylation sites (tertiary alicyclic amines) is 1. The number of nitrogen functional groups attached to an aromatic ring is 1. The van der Waals surface area contributed by atoms with Crippen LogP contribution in [0.25, 0.3) is 28.2 Å². The minimum atomic E-state index is -4.56. The Morgan fingerprint density at radius 2 is 1.89 bits per heavy atom. The molecular formula is C31H33F3N8O2. The Balaban J connectivity index is 1.45. The predicted octanol–water partition coefficient (Wildman–Crippen LogP) is 4.98. The zero-order valence-corrected chi connectivity index (χ0v) is 24.4. The average molecular weight is 607 g/mol. The Kier molecular flexibility index (Phi) is 8.95. The number of carbonyl (C=O) groups is 2. The van der Waals surface area contributed by atoms with Crippen molar-refractivity contribution < 1.29 is 22.8 Å². The average Bonchev–Trinajstić information content (AvgIpc) is 3.34. The first-order valence-corrected chi connectivity index (χ1v) is 14.3. The number of hydrogen-bond acceptors (Lipinski definition) is 7. The number of benzene rings is 1. The SMILES string of the molecule is CC(=O)N[C@H](C)CCn1nc(-c2ccc(C(=O)Nc3cc(C(F)(F)F)ccn3)cc2)c2c(N)ncc(/C=C/CN3CCC3)c21. The second-order valence-electron chi connectivity index (χ2n) is 10.8. The number of alkyl halides is 3. The molecule has 0 unspecified atom stereocenters. The van der Waals surface area contributed by atoms with E-state index in [4.69, 9.17) is 10.8 Å². The number of amides is 2. The van der Waals surface area contributed by atoms with Crippen molar-refractivity contribution in [1.82, 2.24) is 30.0 Å². The van der Waals surface area contributed by atoms with E-state index < -0.39 is 17.6 Å². The van der Waals surface area contributed by atoms with Gasteiger partial charge in [-0.15, -0.1) is 0 Å². The number of aromatic nitrogens is 4. The summed E-state index contributed by atoms with van der Waals surface area (Å²) in [7, 11) is 0. The molecule has 1 aliphatic rings. The number of halogens is 3. The summed E-state index contributed by atoms with van der Waals surface area (Å²) < 4.78 is 41.1. The summed E-state index contributed by atoms with van der Waals surface area (Å²) in [4.78, 5) is 35.0. The van der Waals surface area contributed by atoms with Gasteiger partial charge < -0.3 is 16.4 Å². The van der Waals surface area contributed by atoms with E-state index in [9.17, 15) is 22.8 Å². The van der Waals surface area contributed by atoms with Gasteiger partial charge in [0.05, 0.1) is 16.5 Å². The quantitative estimate of drug-likeness (QED) is 0.232. The zero-order valence-electron chi connectivity index (χ0n) is 24.4. The highest BCUT2D eigenvalue weighted by Gasteiger charge is 2.31. The summed E-state index contributed by atoms with van der Waals surface area (Å²) in [6.07, 6.45) is 4.09. The van der Waals surface area contributed by atoms with Crippen molar-refractivity contribution in [2.75, 3.05) is 30.7 Å². The summed E-state index contributed by atoms with van der Waals surface area (Å²) in [5.74, 6) is -0.629. The molecule has 0 aliphatic carbocycles. The topological polar surface area (TPSA) is 131 Å². The molecule has 0 saturated carbocycles. The fourth-order valence-electron chi connectivity index (χ4n) is 5.02. The van der Waals surface area contributed by atoms with Crippen molar-refractivity contribution in [2.24, 2.45) is 0 Å². The molecular weight excluding hydrogens is 573 g/mol. The standard InChI is InChI=1S/C31H33F3N8O2/c1-19(38-20(2)43)11-16-42-28-23(5-3-13-41-14-4-15-41)18-37-29(35)26(28)27(40-42)21-6-8-22(9-7-21)30(44)39-25-17-24(10-12-36-25)31(32,33)34/h3,5-10,12,17-19H,4,11,13-16H2,1-2H3,(H2,35,37)(H,38,43)(H,36,39,44)/b5-3+/t19-/m1/s1. The maximum Gasteiger partial charge on any atom is 0.416 e. The number of carbonyl (C=O) groups excluding carboxylic acids is 2. The number of rotatable bonds is 10. The molecule has 44 heavy (non-hydrogen) atoms. The zero-order chi connectivity index (χ0) is 31.4. The van der Waals surface area contributed by atoms with Gasteiger partial charge in [-0.3, -0.25) is 19.2 Å². The van der Waals surface area contributed by atoms with E-state index in [1.54, 1.807) is 30.5 Å². The molecule has 0 spiro atoms. The van der Waals surface area contributed by atoms with Crippen molar-refractivity contribution in [1.29, 1.82) is 0 Å². The smallest absolute Gasteiger partial charge is 0.383 e. The summed E-state index contributed by atoms with van der Waals surface area (Å²) >= 11 is 0. The van der Waals surface area contributed by atoms with Crippen LogP contribution in [0.3, 0.4) is 0 Å². The molecule has 1 atom stereocenters. The number of fused-ring (bicyclic) bond motifs is 1. The van der Waals surface area contributed by atoms with Gasteiger partial charge in [0, 0.05) is 55.1 Å². The van der Waals surface area contributed by atoms with Crippen LogP contribution in [-0.2, 0) is 17.5 Å². The molecule has 1 aliphatic heterocycles. The third kappa shape index (κ3) is 7.05. The minimum absolute atomic E-state index is 0.0797. The predicted molar refractivity (Wildman–Crippen MR) is 163 cm³/mol. The number of pyridine rings is 2. The molecule has 4 N–H and O–H groups in total. The Labute approximate surface area is 252 Å². The Morgan fingerprint density at radius 3 is 2.55 bits per heavy atom. The van der Waals surface area contributed by atoms with Gasteiger partial charge in [0.15, 0.2) is 0 Å². The summed E-state index contributed by atoms with van der Waals surface area (Å²) in [5.41, 5.74) is 8.62. The van der Waals surface area contributed by atoms with E-state index in [0.29, 0.717) is 35.4 Å². The van der Waals surface area contributed by atoms with E-state index in [1.165, 1.54) is 13.3 Å². The number of nitrogens with zero attached hydrogens (tertiary/aromatic N) is 5. The Bertz CT molecular complexity index is 1690. The molecule has 4 heterocycles. The van der Waals surface area contributed by atoms with Crippen LogP contribution in [0, 0.1) is 0 Å². The summed E-state index contributed by atoms with van der Waals surface area (Å²) in [5, 5.41) is 10.9. The van der Waals surface area contributed by atoms with Crippen molar-refractivity contribution in [3.63, 3.8) is 0 Å². The number of nitrogens with one attached hydrogen (secondary N) is 2. The van der Waals surface area contributed by atoms with Gasteiger partial charge in [0.1, 0.15) is 17.3 Å². The minimum Gasteiger partial charge on any atom is -0.383 e. The molecule has 1 fully saturated rings. The van der Waals surface area contributed by atoms with Gasteiger partial charge in [-0.2, -0.15) is 18.3 Å². The molecule has 3 aromatic heterocycles. The van der Waals surface area contributed by atoms with Crippen molar-refractivity contribution in [3.8, 4) is 11.3 Å². The van der Waals surface area contributed by atoms with E-state index in [0.717, 1.165) is 49.0 Å².